The predicted molar refractivity (Wildman–Crippen MR) is 108 cm³/mol. The number of esters is 1. The van der Waals surface area contributed by atoms with Gasteiger partial charge in [0, 0.05) is 5.69 Å². The number of hydrogen-bond donors (Lipinski definition) is 1. The van der Waals surface area contributed by atoms with Gasteiger partial charge in [0.1, 0.15) is 5.15 Å². The smallest absolute Gasteiger partial charge is 0.338 e. The monoisotopic (exact) mass is 397 g/mol. The first-order valence-electron chi connectivity index (χ1n) is 8.68. The summed E-state index contributed by atoms with van der Waals surface area (Å²) in [5, 5.41) is 7.48. The molecule has 0 fully saturated rings. The van der Waals surface area contributed by atoms with E-state index in [1.165, 1.54) is 7.11 Å². The number of nitrogens with zero attached hydrogens (tertiary/aromatic N) is 2. The van der Waals surface area contributed by atoms with E-state index >= 15 is 0 Å². The maximum Gasteiger partial charge on any atom is 0.338 e. The molecule has 0 bridgehead atoms. The summed E-state index contributed by atoms with van der Waals surface area (Å²) in [5.41, 5.74) is 3.39. The van der Waals surface area contributed by atoms with Gasteiger partial charge in [-0.3, -0.25) is 4.79 Å². The van der Waals surface area contributed by atoms with E-state index in [1.807, 2.05) is 30.3 Å². The second-order valence-electron chi connectivity index (χ2n) is 6.32. The summed E-state index contributed by atoms with van der Waals surface area (Å²) in [6, 6.07) is 14.8. The van der Waals surface area contributed by atoms with Crippen LogP contribution < -0.4 is 5.32 Å². The Hall–Kier alpha value is -3.12. The van der Waals surface area contributed by atoms with Gasteiger partial charge < -0.3 is 10.1 Å². The van der Waals surface area contributed by atoms with Crippen molar-refractivity contribution in [2.75, 3.05) is 12.4 Å². The number of hydrogen-bond acceptors (Lipinski definition) is 4. The van der Waals surface area contributed by atoms with E-state index in [4.69, 9.17) is 16.3 Å². The summed E-state index contributed by atoms with van der Waals surface area (Å²) in [6.07, 6.45) is 0. The van der Waals surface area contributed by atoms with Crippen LogP contribution in [0.5, 0.6) is 0 Å². The molecule has 28 heavy (non-hydrogen) atoms. The molecule has 1 heterocycles. The van der Waals surface area contributed by atoms with Crippen molar-refractivity contribution in [2.45, 2.75) is 20.4 Å². The van der Waals surface area contributed by atoms with Gasteiger partial charge >= 0.3 is 5.97 Å². The van der Waals surface area contributed by atoms with E-state index < -0.39 is 5.97 Å². The summed E-state index contributed by atoms with van der Waals surface area (Å²) >= 11 is 6.45. The van der Waals surface area contributed by atoms with Crippen molar-refractivity contribution in [1.82, 2.24) is 9.78 Å². The summed E-state index contributed by atoms with van der Waals surface area (Å²) in [5.74, 6) is -0.842. The normalized spacial score (nSPS) is 10.6. The van der Waals surface area contributed by atoms with Crippen LogP contribution in [0, 0.1) is 13.8 Å². The number of anilines is 1. The lowest BCUT2D eigenvalue weighted by atomic mass is 10.1. The van der Waals surface area contributed by atoms with Crippen LogP contribution in [0.1, 0.15) is 37.5 Å². The van der Waals surface area contributed by atoms with Crippen molar-refractivity contribution in [1.29, 1.82) is 0 Å². The lowest BCUT2D eigenvalue weighted by molar-refractivity contribution is 0.0599. The molecule has 1 N–H and O–H groups in total. The van der Waals surface area contributed by atoms with Crippen molar-refractivity contribution >= 4 is 29.2 Å². The zero-order valence-corrected chi connectivity index (χ0v) is 16.6. The van der Waals surface area contributed by atoms with Crippen LogP contribution in [0.2, 0.25) is 5.15 Å². The fourth-order valence-corrected chi connectivity index (χ4v) is 3.28. The van der Waals surface area contributed by atoms with Crippen molar-refractivity contribution in [3.05, 3.63) is 81.6 Å². The quantitative estimate of drug-likeness (QED) is 0.653. The SMILES string of the molecule is COC(=O)c1cccc(NC(=O)c2c(C)nn(Cc3ccccc3)c2Cl)c1C. The maximum absolute atomic E-state index is 12.9. The third-order valence-corrected chi connectivity index (χ3v) is 4.84. The van der Waals surface area contributed by atoms with Crippen molar-refractivity contribution < 1.29 is 14.3 Å². The number of nitrogens with one attached hydrogen (secondary N) is 1. The van der Waals surface area contributed by atoms with Crippen LogP contribution in [0.3, 0.4) is 0 Å². The fraction of sp³-hybridized carbons (Fsp3) is 0.190. The minimum atomic E-state index is -0.460. The molecule has 3 aromatic rings. The van der Waals surface area contributed by atoms with Crippen LogP contribution in [0.25, 0.3) is 0 Å². The van der Waals surface area contributed by atoms with E-state index in [0.29, 0.717) is 34.6 Å². The highest BCUT2D eigenvalue weighted by molar-refractivity contribution is 6.33. The van der Waals surface area contributed by atoms with Crippen molar-refractivity contribution in [3.8, 4) is 0 Å². The number of rotatable bonds is 5. The second-order valence-corrected chi connectivity index (χ2v) is 6.68. The van der Waals surface area contributed by atoms with Crippen LogP contribution in [0.15, 0.2) is 48.5 Å². The zero-order valence-electron chi connectivity index (χ0n) is 15.8. The Morgan fingerprint density at radius 2 is 1.82 bits per heavy atom. The molecule has 1 aromatic heterocycles. The largest absolute Gasteiger partial charge is 0.465 e. The molecular weight excluding hydrogens is 378 g/mol. The second kappa shape index (κ2) is 8.27. The Kier molecular flexibility index (Phi) is 5.80. The summed E-state index contributed by atoms with van der Waals surface area (Å²) < 4.78 is 6.37. The molecule has 0 aliphatic rings. The average Bonchev–Trinajstić information content (AvgIpc) is 2.96. The van der Waals surface area contributed by atoms with E-state index in [9.17, 15) is 9.59 Å². The molecular formula is C21H20ClN3O3. The first-order chi connectivity index (χ1) is 13.4. The molecule has 0 saturated heterocycles. The van der Waals surface area contributed by atoms with E-state index in [-0.39, 0.29) is 11.1 Å². The molecule has 0 spiro atoms. The molecule has 0 aliphatic carbocycles. The van der Waals surface area contributed by atoms with Gasteiger partial charge in [0.2, 0.25) is 0 Å². The molecule has 0 saturated carbocycles. The Morgan fingerprint density at radius 3 is 2.50 bits per heavy atom. The van der Waals surface area contributed by atoms with Crippen LogP contribution in [-0.4, -0.2) is 28.8 Å². The fourth-order valence-electron chi connectivity index (χ4n) is 2.96. The number of carbonyl (C=O) groups is 2. The molecule has 7 heteroatoms. The number of methoxy groups -OCH3 is 1. The Labute approximate surface area is 168 Å². The Balaban J connectivity index is 1.87. The first kappa shape index (κ1) is 19.6. The van der Waals surface area contributed by atoms with Crippen molar-refractivity contribution in [2.24, 2.45) is 0 Å². The lowest BCUT2D eigenvalue weighted by Crippen LogP contribution is -2.15. The number of carbonyl (C=O) groups excluding carboxylic acids is 2. The molecule has 0 atom stereocenters. The van der Waals surface area contributed by atoms with Gasteiger partial charge in [0.05, 0.1) is 30.5 Å². The van der Waals surface area contributed by atoms with Gasteiger partial charge in [-0.2, -0.15) is 5.10 Å². The average molecular weight is 398 g/mol. The lowest BCUT2D eigenvalue weighted by Gasteiger charge is -2.11. The molecule has 0 unspecified atom stereocenters. The molecule has 6 nitrogen and oxygen atoms in total. The highest BCUT2D eigenvalue weighted by Crippen LogP contribution is 2.25. The van der Waals surface area contributed by atoms with E-state index in [1.54, 1.807) is 36.7 Å². The highest BCUT2D eigenvalue weighted by atomic mass is 35.5. The minimum absolute atomic E-state index is 0.264. The highest BCUT2D eigenvalue weighted by Gasteiger charge is 2.22. The molecule has 0 radical (unpaired) electrons. The minimum Gasteiger partial charge on any atom is -0.465 e. The van der Waals surface area contributed by atoms with Crippen LogP contribution in [-0.2, 0) is 11.3 Å². The van der Waals surface area contributed by atoms with Gasteiger partial charge in [-0.05, 0) is 37.1 Å². The number of ether oxygens (including phenoxy) is 1. The summed E-state index contributed by atoms with van der Waals surface area (Å²) in [7, 11) is 1.32. The van der Waals surface area contributed by atoms with Crippen molar-refractivity contribution in [3.63, 3.8) is 0 Å². The molecule has 0 aliphatic heterocycles. The first-order valence-corrected chi connectivity index (χ1v) is 9.06. The molecule has 1 amide bonds. The Morgan fingerprint density at radius 1 is 1.11 bits per heavy atom. The van der Waals surface area contributed by atoms with Crippen LogP contribution >= 0.6 is 11.6 Å². The van der Waals surface area contributed by atoms with Crippen LogP contribution in [0.4, 0.5) is 5.69 Å². The van der Waals surface area contributed by atoms with Gasteiger partial charge in [0.25, 0.3) is 5.91 Å². The molecule has 144 valence electrons. The summed E-state index contributed by atoms with van der Waals surface area (Å²) in [4.78, 5) is 24.7. The van der Waals surface area contributed by atoms with Gasteiger partial charge in [-0.25, -0.2) is 9.48 Å². The number of amides is 1. The molecule has 3 rings (SSSR count). The zero-order chi connectivity index (χ0) is 20.3. The summed E-state index contributed by atoms with van der Waals surface area (Å²) in [6.45, 7) is 3.94. The van der Waals surface area contributed by atoms with E-state index in [2.05, 4.69) is 10.4 Å². The number of aryl methyl sites for hydroxylation is 1. The van der Waals surface area contributed by atoms with Gasteiger partial charge in [-0.1, -0.05) is 48.0 Å². The third kappa shape index (κ3) is 3.92. The molecule has 2 aromatic carbocycles. The van der Waals surface area contributed by atoms with Gasteiger partial charge in [-0.15, -0.1) is 0 Å². The standard InChI is InChI=1S/C21H20ClN3O3/c1-13-16(21(27)28-3)10-7-11-17(13)23-20(26)18-14(2)24-25(19(18)22)12-15-8-5-4-6-9-15/h4-11H,12H2,1-3H3,(H,23,26). The number of halogens is 1. The van der Waals surface area contributed by atoms with Gasteiger partial charge in [0.15, 0.2) is 0 Å². The third-order valence-electron chi connectivity index (χ3n) is 4.45. The number of benzene rings is 2. The number of aromatic nitrogens is 2. The van der Waals surface area contributed by atoms with E-state index in [0.717, 1.165) is 5.56 Å². The predicted octanol–water partition coefficient (Wildman–Crippen LogP) is 4.24. The Bertz CT molecular complexity index is 1030. The topological polar surface area (TPSA) is 73.2 Å². The maximum atomic E-state index is 12.9.